The summed E-state index contributed by atoms with van der Waals surface area (Å²) in [7, 11) is -4.84. The van der Waals surface area contributed by atoms with Gasteiger partial charge in [0.05, 0.1) is 41.6 Å². The Balaban J connectivity index is 1.34. The third-order valence-electron chi connectivity index (χ3n) is 8.44. The number of hydrogen-bond acceptors (Lipinski definition) is 11. The molecule has 1 aromatic carbocycles. The minimum atomic E-state index is -5.43. The van der Waals surface area contributed by atoms with E-state index in [4.69, 9.17) is 20.0 Å². The second kappa shape index (κ2) is 10.7. The van der Waals surface area contributed by atoms with Crippen LogP contribution in [0.4, 0.5) is 19.1 Å². The van der Waals surface area contributed by atoms with Crippen LogP contribution in [0.5, 0.6) is 0 Å². The number of aryl methyl sites for hydroxylation is 1. The Hall–Kier alpha value is -3.38. The van der Waals surface area contributed by atoms with Crippen molar-refractivity contribution in [2.24, 2.45) is 0 Å². The molecular formula is C26H30F3N7O6S. The molecule has 1 saturated carbocycles. The van der Waals surface area contributed by atoms with Gasteiger partial charge in [-0.1, -0.05) is 6.07 Å². The zero-order valence-corrected chi connectivity index (χ0v) is 24.0. The molecule has 2 bridgehead atoms. The highest BCUT2D eigenvalue weighted by molar-refractivity contribution is 7.89. The number of sulfonamides is 1. The Kier molecular flexibility index (Phi) is 7.36. The number of rotatable bonds is 7. The highest BCUT2D eigenvalue weighted by atomic mass is 32.2. The molecular weight excluding hydrogens is 595 g/mol. The van der Waals surface area contributed by atoms with Gasteiger partial charge in [0.25, 0.3) is 10.0 Å². The van der Waals surface area contributed by atoms with Crippen molar-refractivity contribution in [2.45, 2.75) is 54.8 Å². The molecule has 7 rings (SSSR count). The van der Waals surface area contributed by atoms with Crippen molar-refractivity contribution < 1.29 is 40.7 Å². The number of ether oxygens (including phenoxy) is 2. The predicted molar refractivity (Wildman–Crippen MR) is 144 cm³/mol. The fraction of sp³-hybridized carbons (Fsp3) is 0.538. The van der Waals surface area contributed by atoms with Crippen LogP contribution in [0.15, 0.2) is 35.6 Å². The number of carbonyl (C=O) groups is 1. The van der Waals surface area contributed by atoms with Crippen LogP contribution in [0, 0.1) is 6.92 Å². The summed E-state index contributed by atoms with van der Waals surface area (Å²) in [4.78, 5) is 31.0. The summed E-state index contributed by atoms with van der Waals surface area (Å²) >= 11 is 0. The molecule has 17 heteroatoms. The molecule has 3 aromatic rings. The minimum absolute atomic E-state index is 0.105. The Labute approximate surface area is 244 Å². The normalized spacial score (nSPS) is 25.0. The molecule has 4 fully saturated rings. The molecule has 2 N–H and O–H groups in total. The summed E-state index contributed by atoms with van der Waals surface area (Å²) in [5, 5.41) is 0. The third kappa shape index (κ3) is 5.43. The van der Waals surface area contributed by atoms with E-state index >= 15 is 0 Å². The van der Waals surface area contributed by atoms with Gasteiger partial charge in [-0.25, -0.2) is 28.2 Å². The lowest BCUT2D eigenvalue weighted by Crippen LogP contribution is -2.66. The van der Waals surface area contributed by atoms with Crippen LogP contribution in [0.3, 0.4) is 0 Å². The van der Waals surface area contributed by atoms with Crippen molar-refractivity contribution in [1.82, 2.24) is 28.7 Å². The van der Waals surface area contributed by atoms with Gasteiger partial charge in [-0.2, -0.15) is 13.2 Å². The van der Waals surface area contributed by atoms with Crippen molar-refractivity contribution in [3.05, 3.63) is 36.3 Å². The number of anilines is 1. The molecule has 0 unspecified atom stereocenters. The van der Waals surface area contributed by atoms with E-state index < -0.39 is 33.3 Å². The van der Waals surface area contributed by atoms with E-state index in [2.05, 4.69) is 19.9 Å². The number of morpholine rings is 1. The van der Waals surface area contributed by atoms with Gasteiger partial charge in [0.2, 0.25) is 11.7 Å². The molecule has 4 aliphatic rings. The first-order valence-corrected chi connectivity index (χ1v) is 15.1. The molecule has 3 saturated heterocycles. The minimum Gasteiger partial charge on any atom is -0.379 e. The number of nitrogen functional groups attached to an aromatic ring is 1. The zero-order valence-electron chi connectivity index (χ0n) is 23.2. The Morgan fingerprint density at radius 1 is 1.16 bits per heavy atom. The number of fused-ring (bicyclic) bond motifs is 4. The summed E-state index contributed by atoms with van der Waals surface area (Å²) in [6.45, 7) is 4.71. The lowest BCUT2D eigenvalue weighted by molar-refractivity contribution is -0.267. The molecule has 232 valence electrons. The smallest absolute Gasteiger partial charge is 0.379 e. The maximum Gasteiger partial charge on any atom is 0.492 e. The van der Waals surface area contributed by atoms with Gasteiger partial charge in [-0.15, -0.1) is 0 Å². The standard InChI is InChI=1S/C26H30F3N7O6S/c1-17-2-3-18(12-19(17)20-13-35-22(30)31-16-32-23(35)33-20)43(38,39)36(42-21(37)26(27,28)29)24-4-6-25(7-5-24,41-15-24)14-34-8-10-40-11-9-34/h2-3,12-13,16H,4-11,14-15H2,1H3,(H2,30,31,32,33). The highest BCUT2D eigenvalue weighted by Crippen LogP contribution is 2.49. The maximum atomic E-state index is 14.1. The van der Waals surface area contributed by atoms with E-state index in [9.17, 15) is 26.4 Å². The average Bonchev–Trinajstić information content (AvgIpc) is 3.42. The molecule has 0 atom stereocenters. The van der Waals surface area contributed by atoms with Crippen molar-refractivity contribution in [1.29, 1.82) is 0 Å². The van der Waals surface area contributed by atoms with Gasteiger partial charge in [-0.3, -0.25) is 9.30 Å². The summed E-state index contributed by atoms with van der Waals surface area (Å²) < 4.78 is 81.8. The van der Waals surface area contributed by atoms with Crippen LogP contribution in [0.2, 0.25) is 0 Å². The average molecular weight is 626 g/mol. The van der Waals surface area contributed by atoms with Gasteiger partial charge in [0, 0.05) is 31.4 Å². The first-order chi connectivity index (χ1) is 20.3. The van der Waals surface area contributed by atoms with Crippen LogP contribution in [-0.2, 0) is 29.1 Å². The van der Waals surface area contributed by atoms with E-state index in [-0.39, 0.29) is 40.5 Å². The second-order valence-corrected chi connectivity index (χ2v) is 13.0. The largest absolute Gasteiger partial charge is 0.492 e. The van der Waals surface area contributed by atoms with E-state index in [1.54, 1.807) is 6.92 Å². The summed E-state index contributed by atoms with van der Waals surface area (Å²) in [6, 6.07) is 4.02. The lowest BCUT2D eigenvalue weighted by atomic mass is 9.71. The molecule has 5 heterocycles. The molecule has 0 radical (unpaired) electrons. The Morgan fingerprint density at radius 3 is 2.51 bits per heavy atom. The fourth-order valence-corrected chi connectivity index (χ4v) is 7.59. The first-order valence-electron chi connectivity index (χ1n) is 13.7. The van der Waals surface area contributed by atoms with Crippen LogP contribution in [-0.4, -0.2) is 99.9 Å². The first kappa shape index (κ1) is 29.7. The number of hydrogen-bond donors (Lipinski definition) is 1. The predicted octanol–water partition coefficient (Wildman–Crippen LogP) is 2.11. The number of nitrogens with zero attached hydrogens (tertiary/aromatic N) is 6. The van der Waals surface area contributed by atoms with E-state index in [0.717, 1.165) is 13.1 Å². The molecule has 3 aliphatic heterocycles. The highest BCUT2D eigenvalue weighted by Gasteiger charge is 2.59. The molecule has 0 spiro atoms. The SMILES string of the molecule is Cc1ccc(S(=O)(=O)N(OC(=O)C(F)(F)F)C23CCC(CN4CCOCC4)(CC2)OC3)cc1-c1cn2c(N)ncnc2n1. The molecule has 0 amide bonds. The molecule has 2 aromatic heterocycles. The number of halogens is 3. The monoisotopic (exact) mass is 625 g/mol. The maximum absolute atomic E-state index is 14.1. The lowest BCUT2D eigenvalue weighted by Gasteiger charge is -2.56. The summed E-state index contributed by atoms with van der Waals surface area (Å²) in [5.41, 5.74) is 5.09. The quantitative estimate of drug-likeness (QED) is 0.384. The fourth-order valence-electron chi connectivity index (χ4n) is 5.98. The third-order valence-corrected chi connectivity index (χ3v) is 10.2. The van der Waals surface area contributed by atoms with Crippen molar-refractivity contribution in [2.75, 3.05) is 45.2 Å². The van der Waals surface area contributed by atoms with Gasteiger partial charge >= 0.3 is 12.1 Å². The number of aromatic nitrogens is 4. The summed E-state index contributed by atoms with van der Waals surface area (Å²) in [5.74, 6) is -2.31. The Bertz CT molecular complexity index is 1630. The van der Waals surface area contributed by atoms with Crippen LogP contribution in [0.25, 0.3) is 17.0 Å². The number of imidazole rings is 1. The van der Waals surface area contributed by atoms with Gasteiger partial charge in [-0.05, 0) is 54.8 Å². The van der Waals surface area contributed by atoms with Gasteiger partial charge < -0.3 is 20.0 Å². The van der Waals surface area contributed by atoms with E-state index in [1.165, 1.54) is 35.1 Å². The molecule has 13 nitrogen and oxygen atoms in total. The number of hydroxylamine groups is 1. The number of benzene rings is 1. The van der Waals surface area contributed by atoms with Crippen molar-refractivity contribution >= 4 is 27.7 Å². The van der Waals surface area contributed by atoms with Gasteiger partial charge in [0.15, 0.2) is 0 Å². The summed E-state index contributed by atoms with van der Waals surface area (Å²) in [6.07, 6.45) is -1.63. The molecule has 43 heavy (non-hydrogen) atoms. The van der Waals surface area contributed by atoms with Crippen LogP contribution in [0.1, 0.15) is 31.2 Å². The Morgan fingerprint density at radius 2 is 1.88 bits per heavy atom. The van der Waals surface area contributed by atoms with E-state index in [1.807, 2.05) is 0 Å². The number of nitrogens with two attached hydrogens (primary N) is 1. The van der Waals surface area contributed by atoms with Crippen molar-refractivity contribution in [3.8, 4) is 11.3 Å². The topological polar surface area (TPSA) is 154 Å². The molecule has 1 aliphatic carbocycles. The number of carbonyl (C=O) groups excluding carboxylic acids is 1. The van der Waals surface area contributed by atoms with Crippen LogP contribution >= 0.6 is 0 Å². The van der Waals surface area contributed by atoms with Crippen LogP contribution < -0.4 is 5.73 Å². The zero-order chi connectivity index (χ0) is 30.6. The van der Waals surface area contributed by atoms with E-state index in [0.29, 0.717) is 49.4 Å². The van der Waals surface area contributed by atoms with Crippen molar-refractivity contribution in [3.63, 3.8) is 0 Å². The van der Waals surface area contributed by atoms with Gasteiger partial charge in [0.1, 0.15) is 6.33 Å². The second-order valence-electron chi connectivity index (χ2n) is 11.2. The number of alkyl halides is 3.